The van der Waals surface area contributed by atoms with Crippen LogP contribution in [-0.2, 0) is 9.84 Å². The van der Waals surface area contributed by atoms with E-state index in [1.165, 1.54) is 0 Å². The van der Waals surface area contributed by atoms with Gasteiger partial charge in [-0.2, -0.15) is 0 Å². The van der Waals surface area contributed by atoms with E-state index in [4.69, 9.17) is 5.73 Å². The van der Waals surface area contributed by atoms with Gasteiger partial charge < -0.3 is 10.8 Å². The standard InChI is InChI=1S/C8H15NO3S/c9-7(6-1-2-6)8(10)3-4-13(11,12)5-8/h6-7,10H,1-5,9H2. The number of hydrogen-bond acceptors (Lipinski definition) is 4. The molecule has 13 heavy (non-hydrogen) atoms. The van der Waals surface area contributed by atoms with Crippen LogP contribution in [0.4, 0.5) is 0 Å². The van der Waals surface area contributed by atoms with Crippen LogP contribution in [0.15, 0.2) is 0 Å². The topological polar surface area (TPSA) is 80.4 Å². The highest BCUT2D eigenvalue weighted by Gasteiger charge is 2.49. The van der Waals surface area contributed by atoms with Crippen molar-refractivity contribution in [2.24, 2.45) is 11.7 Å². The Balaban J connectivity index is 2.13. The Morgan fingerprint density at radius 1 is 1.46 bits per heavy atom. The minimum absolute atomic E-state index is 0.0872. The number of rotatable bonds is 2. The van der Waals surface area contributed by atoms with Crippen LogP contribution in [0, 0.1) is 5.92 Å². The summed E-state index contributed by atoms with van der Waals surface area (Å²) in [4.78, 5) is 0. The van der Waals surface area contributed by atoms with Crippen LogP contribution in [0.3, 0.4) is 0 Å². The second kappa shape index (κ2) is 2.68. The summed E-state index contributed by atoms with van der Waals surface area (Å²) in [5, 5.41) is 10.0. The lowest BCUT2D eigenvalue weighted by atomic mass is 9.91. The summed E-state index contributed by atoms with van der Waals surface area (Å²) < 4.78 is 22.4. The molecule has 0 spiro atoms. The fourth-order valence-corrected chi connectivity index (χ4v) is 3.92. The van der Waals surface area contributed by atoms with Gasteiger partial charge in [-0.25, -0.2) is 8.42 Å². The molecule has 0 aromatic heterocycles. The summed E-state index contributed by atoms with van der Waals surface area (Å²) in [7, 11) is -3.03. The Morgan fingerprint density at radius 3 is 2.46 bits per heavy atom. The molecule has 2 atom stereocenters. The van der Waals surface area contributed by atoms with Gasteiger partial charge in [0.15, 0.2) is 9.84 Å². The van der Waals surface area contributed by atoms with E-state index in [1.807, 2.05) is 0 Å². The van der Waals surface area contributed by atoms with Crippen molar-refractivity contribution in [3.63, 3.8) is 0 Å². The van der Waals surface area contributed by atoms with Gasteiger partial charge in [-0.3, -0.25) is 0 Å². The number of sulfone groups is 1. The van der Waals surface area contributed by atoms with Crippen molar-refractivity contribution in [2.45, 2.75) is 30.9 Å². The third kappa shape index (κ3) is 1.73. The maximum absolute atomic E-state index is 11.2. The Bertz CT molecular complexity index is 309. The van der Waals surface area contributed by atoms with Crippen LogP contribution in [0.25, 0.3) is 0 Å². The Morgan fingerprint density at radius 2 is 2.08 bits per heavy atom. The first kappa shape index (κ1) is 9.43. The molecule has 4 nitrogen and oxygen atoms in total. The van der Waals surface area contributed by atoms with Gasteiger partial charge in [0.05, 0.1) is 17.1 Å². The molecule has 1 aliphatic carbocycles. The molecule has 76 valence electrons. The molecular weight excluding hydrogens is 190 g/mol. The molecule has 2 fully saturated rings. The first-order valence-electron chi connectivity index (χ1n) is 4.61. The highest BCUT2D eigenvalue weighted by molar-refractivity contribution is 7.91. The fraction of sp³-hybridized carbons (Fsp3) is 1.00. The third-order valence-electron chi connectivity index (χ3n) is 3.07. The summed E-state index contributed by atoms with van der Waals surface area (Å²) in [6.07, 6.45) is 2.38. The van der Waals surface area contributed by atoms with E-state index in [9.17, 15) is 13.5 Å². The van der Waals surface area contributed by atoms with E-state index in [1.54, 1.807) is 0 Å². The van der Waals surface area contributed by atoms with Crippen molar-refractivity contribution >= 4 is 9.84 Å². The van der Waals surface area contributed by atoms with E-state index >= 15 is 0 Å². The van der Waals surface area contributed by atoms with Crippen molar-refractivity contribution in [3.8, 4) is 0 Å². The molecule has 0 bridgehead atoms. The zero-order chi connectivity index (χ0) is 9.69. The van der Waals surface area contributed by atoms with Crippen molar-refractivity contribution in [3.05, 3.63) is 0 Å². The predicted molar refractivity (Wildman–Crippen MR) is 48.9 cm³/mol. The molecule has 0 aromatic carbocycles. The Kier molecular flexibility index (Phi) is 1.94. The van der Waals surface area contributed by atoms with Crippen molar-refractivity contribution in [2.75, 3.05) is 11.5 Å². The molecule has 3 N–H and O–H groups in total. The molecule has 0 amide bonds. The van der Waals surface area contributed by atoms with Gasteiger partial charge in [0.2, 0.25) is 0 Å². The normalized spacial score (nSPS) is 40.5. The number of nitrogens with two attached hydrogens (primary N) is 1. The van der Waals surface area contributed by atoms with Crippen molar-refractivity contribution in [1.29, 1.82) is 0 Å². The average molecular weight is 205 g/mol. The van der Waals surface area contributed by atoms with Crippen molar-refractivity contribution in [1.82, 2.24) is 0 Å². The lowest BCUT2D eigenvalue weighted by Crippen LogP contribution is -2.50. The predicted octanol–water partition coefficient (Wildman–Crippen LogP) is -0.727. The van der Waals surface area contributed by atoms with Crippen LogP contribution < -0.4 is 5.73 Å². The summed E-state index contributed by atoms with van der Waals surface area (Å²) >= 11 is 0. The summed E-state index contributed by atoms with van der Waals surface area (Å²) in [6, 6.07) is -0.343. The van der Waals surface area contributed by atoms with Gasteiger partial charge in [-0.15, -0.1) is 0 Å². The number of aliphatic hydroxyl groups is 1. The van der Waals surface area contributed by atoms with Crippen LogP contribution in [0.5, 0.6) is 0 Å². The maximum Gasteiger partial charge on any atom is 0.153 e. The lowest BCUT2D eigenvalue weighted by molar-refractivity contribution is 0.0328. The minimum atomic E-state index is -3.03. The molecule has 1 aliphatic heterocycles. The summed E-state index contributed by atoms with van der Waals surface area (Å²) in [5.74, 6) is 0.292. The monoisotopic (exact) mass is 205 g/mol. The Hall–Kier alpha value is -0.130. The van der Waals surface area contributed by atoms with Gasteiger partial charge in [0, 0.05) is 6.04 Å². The SMILES string of the molecule is NC(C1CC1)C1(O)CCS(=O)(=O)C1. The van der Waals surface area contributed by atoms with Gasteiger partial charge in [0.25, 0.3) is 0 Å². The van der Waals surface area contributed by atoms with E-state index in [2.05, 4.69) is 0 Å². The zero-order valence-electron chi connectivity index (χ0n) is 7.44. The molecule has 0 aromatic rings. The second-order valence-corrected chi connectivity index (χ2v) is 6.49. The van der Waals surface area contributed by atoms with E-state index in [-0.39, 0.29) is 17.5 Å². The molecule has 2 aliphatic rings. The minimum Gasteiger partial charge on any atom is -0.387 e. The van der Waals surface area contributed by atoms with Gasteiger partial charge >= 0.3 is 0 Å². The molecule has 2 unspecified atom stereocenters. The largest absolute Gasteiger partial charge is 0.387 e. The molecule has 5 heteroatoms. The van der Waals surface area contributed by atoms with E-state index in [0.717, 1.165) is 12.8 Å². The molecular formula is C8H15NO3S. The van der Waals surface area contributed by atoms with Gasteiger partial charge in [-0.05, 0) is 25.2 Å². The smallest absolute Gasteiger partial charge is 0.153 e. The van der Waals surface area contributed by atoms with E-state index < -0.39 is 15.4 Å². The van der Waals surface area contributed by atoms with Gasteiger partial charge in [0.1, 0.15) is 0 Å². The lowest BCUT2D eigenvalue weighted by Gasteiger charge is -2.28. The highest BCUT2D eigenvalue weighted by Crippen LogP contribution is 2.39. The molecule has 0 radical (unpaired) electrons. The molecule has 1 saturated heterocycles. The zero-order valence-corrected chi connectivity index (χ0v) is 8.26. The molecule has 2 rings (SSSR count). The number of hydrogen-bond donors (Lipinski definition) is 2. The maximum atomic E-state index is 11.2. The van der Waals surface area contributed by atoms with Gasteiger partial charge in [-0.1, -0.05) is 0 Å². The van der Waals surface area contributed by atoms with Crippen LogP contribution in [-0.4, -0.2) is 36.7 Å². The highest BCUT2D eigenvalue weighted by atomic mass is 32.2. The molecule has 1 saturated carbocycles. The van der Waals surface area contributed by atoms with Crippen LogP contribution in [0.1, 0.15) is 19.3 Å². The average Bonchev–Trinajstić information content (AvgIpc) is 2.78. The first-order chi connectivity index (χ1) is 5.93. The quantitative estimate of drug-likeness (QED) is 0.623. The first-order valence-corrected chi connectivity index (χ1v) is 6.43. The van der Waals surface area contributed by atoms with Crippen molar-refractivity contribution < 1.29 is 13.5 Å². The van der Waals surface area contributed by atoms with E-state index in [0.29, 0.717) is 12.3 Å². The molecule has 1 heterocycles. The third-order valence-corrected chi connectivity index (χ3v) is 4.83. The van der Waals surface area contributed by atoms with Crippen LogP contribution >= 0.6 is 0 Å². The summed E-state index contributed by atoms with van der Waals surface area (Å²) in [6.45, 7) is 0. The fourth-order valence-electron chi connectivity index (χ4n) is 2.01. The Labute approximate surface area is 78.0 Å². The van der Waals surface area contributed by atoms with Crippen LogP contribution in [0.2, 0.25) is 0 Å². The second-order valence-electron chi connectivity index (χ2n) is 4.31. The summed E-state index contributed by atoms with van der Waals surface area (Å²) in [5.41, 5.74) is 4.69.